The molecule has 0 bridgehead atoms. The summed E-state index contributed by atoms with van der Waals surface area (Å²) in [5, 5.41) is 0. The van der Waals surface area contributed by atoms with Crippen molar-refractivity contribution >= 4 is 21.9 Å². The molecular formula is C13H14N2O5S. The lowest BCUT2D eigenvalue weighted by Gasteiger charge is -2.22. The minimum atomic E-state index is -3.99. The quantitative estimate of drug-likeness (QED) is 0.768. The van der Waals surface area contributed by atoms with Crippen molar-refractivity contribution in [2.45, 2.75) is 0 Å². The molecule has 0 unspecified atom stereocenters. The first kappa shape index (κ1) is 15.0. The molecule has 1 heterocycles. The van der Waals surface area contributed by atoms with E-state index in [1.54, 1.807) is 24.3 Å². The summed E-state index contributed by atoms with van der Waals surface area (Å²) in [6, 6.07) is 6.80. The van der Waals surface area contributed by atoms with Gasteiger partial charge in [-0.1, -0.05) is 12.1 Å². The molecule has 0 fully saturated rings. The highest BCUT2D eigenvalue weighted by Gasteiger charge is 2.31. The van der Waals surface area contributed by atoms with Gasteiger partial charge in [0.1, 0.15) is 11.4 Å². The Morgan fingerprint density at radius 1 is 1.24 bits per heavy atom. The third-order valence-electron chi connectivity index (χ3n) is 2.95. The average Bonchev–Trinajstić information content (AvgIpc) is 2.48. The van der Waals surface area contributed by atoms with Gasteiger partial charge in [-0.3, -0.25) is 0 Å². The molecule has 7 nitrogen and oxygen atoms in total. The van der Waals surface area contributed by atoms with E-state index in [9.17, 15) is 13.2 Å². The predicted octanol–water partition coefficient (Wildman–Crippen LogP) is 0.731. The van der Waals surface area contributed by atoms with E-state index in [0.717, 1.165) is 4.31 Å². The molecule has 1 aliphatic rings. The molecule has 112 valence electrons. The van der Waals surface area contributed by atoms with Gasteiger partial charge >= 0.3 is 16.2 Å². The van der Waals surface area contributed by atoms with Crippen LogP contribution in [0.15, 0.2) is 40.4 Å². The van der Waals surface area contributed by atoms with Crippen LogP contribution in [0.5, 0.6) is 5.75 Å². The Hall–Kier alpha value is -2.35. The Kier molecular flexibility index (Phi) is 3.99. The monoisotopic (exact) mass is 310 g/mol. The number of esters is 1. The highest BCUT2D eigenvalue weighted by atomic mass is 32.2. The van der Waals surface area contributed by atoms with Crippen LogP contribution in [0.2, 0.25) is 0 Å². The Balaban J connectivity index is 2.62. The number of hydrogen-bond acceptors (Lipinski definition) is 5. The summed E-state index contributed by atoms with van der Waals surface area (Å²) in [4.78, 5) is 11.7. The number of hydrogen-bond donors (Lipinski definition) is 0. The number of carbonyl (C=O) groups excluding carboxylic acids is 1. The molecular weight excluding hydrogens is 296 g/mol. The van der Waals surface area contributed by atoms with E-state index in [-0.39, 0.29) is 11.4 Å². The molecule has 21 heavy (non-hydrogen) atoms. The van der Waals surface area contributed by atoms with Gasteiger partial charge in [0.25, 0.3) is 0 Å². The number of rotatable bonds is 3. The van der Waals surface area contributed by atoms with Gasteiger partial charge in [0.05, 0.1) is 19.9 Å². The lowest BCUT2D eigenvalue weighted by Crippen LogP contribution is -2.33. The van der Waals surface area contributed by atoms with Crippen molar-refractivity contribution in [2.75, 3.05) is 21.3 Å². The van der Waals surface area contributed by atoms with E-state index in [0.29, 0.717) is 11.3 Å². The summed E-state index contributed by atoms with van der Waals surface area (Å²) in [5.41, 5.74) is 0.470. The Labute approximate surface area is 122 Å². The van der Waals surface area contributed by atoms with Crippen LogP contribution in [0.25, 0.3) is 0 Å². The molecule has 1 aromatic rings. The molecule has 1 aromatic carbocycles. The van der Waals surface area contributed by atoms with E-state index >= 15 is 0 Å². The highest BCUT2D eigenvalue weighted by molar-refractivity contribution is 7.88. The standard InChI is InChI=1S/C13H14N2O5S/c1-15-11(13(16)20-3)8-10(14-21(15,17)18)9-6-4-5-7-12(9)19-2/h4-8H,1-3H3. The van der Waals surface area contributed by atoms with Crippen molar-refractivity contribution in [3.8, 4) is 5.75 Å². The number of carbonyl (C=O) groups is 1. The molecule has 1 aliphatic heterocycles. The van der Waals surface area contributed by atoms with E-state index in [4.69, 9.17) is 4.74 Å². The zero-order chi connectivity index (χ0) is 15.6. The molecule has 0 saturated heterocycles. The Morgan fingerprint density at radius 3 is 2.52 bits per heavy atom. The first-order valence-corrected chi connectivity index (χ1v) is 7.32. The maximum Gasteiger partial charge on any atom is 0.355 e. The number of nitrogens with zero attached hydrogens (tertiary/aromatic N) is 2. The van der Waals surface area contributed by atoms with Crippen molar-refractivity contribution in [2.24, 2.45) is 4.40 Å². The minimum Gasteiger partial charge on any atom is -0.496 e. The number of methoxy groups -OCH3 is 2. The van der Waals surface area contributed by atoms with Gasteiger partial charge in [-0.15, -0.1) is 4.40 Å². The molecule has 0 amide bonds. The van der Waals surface area contributed by atoms with Gasteiger partial charge in [-0.25, -0.2) is 9.10 Å². The SMILES string of the molecule is COC(=O)C1=CC(c2ccccc2OC)=NS(=O)(=O)N1C. The third kappa shape index (κ3) is 2.75. The largest absolute Gasteiger partial charge is 0.496 e. The van der Waals surface area contributed by atoms with Crippen molar-refractivity contribution < 1.29 is 22.7 Å². The van der Waals surface area contributed by atoms with Gasteiger partial charge in [0, 0.05) is 12.6 Å². The summed E-state index contributed by atoms with van der Waals surface area (Å²) in [6.07, 6.45) is 1.35. The fourth-order valence-electron chi connectivity index (χ4n) is 1.83. The first-order chi connectivity index (χ1) is 9.90. The van der Waals surface area contributed by atoms with Crippen LogP contribution in [0.4, 0.5) is 0 Å². The van der Waals surface area contributed by atoms with Crippen LogP contribution in [0.3, 0.4) is 0 Å². The second kappa shape index (κ2) is 5.57. The molecule has 0 aliphatic carbocycles. The topological polar surface area (TPSA) is 85.3 Å². The number of likely N-dealkylation sites (N-methyl/N-ethyl adjacent to an activating group) is 1. The van der Waals surface area contributed by atoms with E-state index in [1.165, 1.54) is 27.3 Å². The lowest BCUT2D eigenvalue weighted by atomic mass is 10.1. The van der Waals surface area contributed by atoms with Gasteiger partial charge in [-0.05, 0) is 18.2 Å². The first-order valence-electron chi connectivity index (χ1n) is 5.93. The van der Waals surface area contributed by atoms with Crippen LogP contribution in [-0.2, 0) is 19.7 Å². The molecule has 0 spiro atoms. The van der Waals surface area contributed by atoms with Crippen LogP contribution in [0, 0.1) is 0 Å². The van der Waals surface area contributed by atoms with Crippen LogP contribution < -0.4 is 4.74 Å². The molecule has 0 N–H and O–H groups in total. The van der Waals surface area contributed by atoms with Gasteiger partial charge in [-0.2, -0.15) is 8.42 Å². The van der Waals surface area contributed by atoms with Crippen LogP contribution >= 0.6 is 0 Å². The van der Waals surface area contributed by atoms with Gasteiger partial charge in [0.15, 0.2) is 0 Å². The summed E-state index contributed by atoms with van der Waals surface area (Å²) in [5.74, 6) is -0.306. The summed E-state index contributed by atoms with van der Waals surface area (Å²) < 4.78 is 38.3. The van der Waals surface area contributed by atoms with Crippen LogP contribution in [0.1, 0.15) is 5.56 Å². The summed E-state index contributed by atoms with van der Waals surface area (Å²) in [7, 11) is -0.110. The summed E-state index contributed by atoms with van der Waals surface area (Å²) in [6.45, 7) is 0. The normalized spacial score (nSPS) is 16.8. The van der Waals surface area contributed by atoms with E-state index in [1.807, 2.05) is 0 Å². The Morgan fingerprint density at radius 2 is 1.90 bits per heavy atom. The third-order valence-corrected chi connectivity index (χ3v) is 4.27. The minimum absolute atomic E-state index is 0.117. The zero-order valence-corrected chi connectivity index (χ0v) is 12.5. The molecule has 0 saturated carbocycles. The average molecular weight is 310 g/mol. The maximum absolute atomic E-state index is 12.0. The number of ether oxygens (including phenoxy) is 2. The second-order valence-corrected chi connectivity index (χ2v) is 5.77. The van der Waals surface area contributed by atoms with E-state index < -0.39 is 16.2 Å². The molecule has 0 atom stereocenters. The lowest BCUT2D eigenvalue weighted by molar-refractivity contribution is -0.137. The van der Waals surface area contributed by atoms with Gasteiger partial charge in [0.2, 0.25) is 0 Å². The molecule has 8 heteroatoms. The predicted molar refractivity (Wildman–Crippen MR) is 76.3 cm³/mol. The fourth-order valence-corrected chi connectivity index (χ4v) is 2.73. The Bertz CT molecular complexity index is 737. The smallest absolute Gasteiger partial charge is 0.355 e. The number of allylic oxidation sites excluding steroid dienone is 1. The van der Waals surface area contributed by atoms with Crippen molar-refractivity contribution in [1.82, 2.24) is 4.31 Å². The number of para-hydroxylation sites is 1. The number of benzene rings is 1. The van der Waals surface area contributed by atoms with Crippen LogP contribution in [-0.4, -0.2) is 45.7 Å². The van der Waals surface area contributed by atoms with Crippen molar-refractivity contribution in [1.29, 1.82) is 0 Å². The van der Waals surface area contributed by atoms with Gasteiger partial charge < -0.3 is 9.47 Å². The molecule has 2 rings (SSSR count). The van der Waals surface area contributed by atoms with Crippen molar-refractivity contribution in [3.63, 3.8) is 0 Å². The maximum atomic E-state index is 12.0. The molecule has 0 aromatic heterocycles. The fraction of sp³-hybridized carbons (Fsp3) is 0.231. The van der Waals surface area contributed by atoms with E-state index in [2.05, 4.69) is 9.13 Å². The second-order valence-electron chi connectivity index (χ2n) is 4.14. The van der Waals surface area contributed by atoms with Crippen molar-refractivity contribution in [3.05, 3.63) is 41.6 Å². The zero-order valence-electron chi connectivity index (χ0n) is 11.7. The molecule has 0 radical (unpaired) electrons. The highest BCUT2D eigenvalue weighted by Crippen LogP contribution is 2.25. The summed E-state index contributed by atoms with van der Waals surface area (Å²) >= 11 is 0.